The van der Waals surface area contributed by atoms with Crippen LogP contribution in [0.3, 0.4) is 0 Å². The summed E-state index contributed by atoms with van der Waals surface area (Å²) in [6.45, 7) is 4.78. The van der Waals surface area contributed by atoms with Crippen LogP contribution in [0.25, 0.3) is 55.3 Å². The van der Waals surface area contributed by atoms with Gasteiger partial charge in [0.15, 0.2) is 0 Å². The molecule has 0 heterocycles. The molecule has 1 nitrogen and oxygen atoms in total. The summed E-state index contributed by atoms with van der Waals surface area (Å²) in [5.74, 6) is 0. The maximum atomic E-state index is 2.54. The van der Waals surface area contributed by atoms with E-state index in [1.807, 2.05) is 0 Å². The average molecular weight is 640 g/mol. The molecule has 0 saturated heterocycles. The van der Waals surface area contributed by atoms with Gasteiger partial charge < -0.3 is 4.90 Å². The molecule has 0 radical (unpaired) electrons. The Hall–Kier alpha value is -6.18. The van der Waals surface area contributed by atoms with E-state index in [2.05, 4.69) is 207 Å². The molecule has 0 spiro atoms. The highest BCUT2D eigenvalue weighted by atomic mass is 15.2. The molecule has 238 valence electrons. The van der Waals surface area contributed by atoms with Gasteiger partial charge in [-0.1, -0.05) is 184 Å². The molecule has 8 aromatic carbocycles. The van der Waals surface area contributed by atoms with E-state index >= 15 is 0 Å². The van der Waals surface area contributed by atoms with E-state index in [-0.39, 0.29) is 5.41 Å². The maximum absolute atomic E-state index is 2.54. The van der Waals surface area contributed by atoms with Crippen LogP contribution in [0.2, 0.25) is 0 Å². The zero-order valence-corrected chi connectivity index (χ0v) is 28.3. The first kappa shape index (κ1) is 29.9. The van der Waals surface area contributed by atoms with Gasteiger partial charge in [-0.05, 0) is 67.9 Å². The van der Waals surface area contributed by atoms with Crippen molar-refractivity contribution < 1.29 is 0 Å². The third-order valence-corrected chi connectivity index (χ3v) is 10.4. The second-order valence-electron chi connectivity index (χ2n) is 13.7. The Balaban J connectivity index is 1.42. The lowest BCUT2D eigenvalue weighted by atomic mass is 9.80. The second-order valence-corrected chi connectivity index (χ2v) is 13.7. The highest BCUT2D eigenvalue weighted by molar-refractivity contribution is 6.08. The molecular weight excluding hydrogens is 603 g/mol. The predicted octanol–water partition coefficient (Wildman–Crippen LogP) is 13.6. The fourth-order valence-electron chi connectivity index (χ4n) is 8.22. The van der Waals surface area contributed by atoms with Crippen molar-refractivity contribution in [2.24, 2.45) is 0 Å². The molecule has 1 heteroatoms. The van der Waals surface area contributed by atoms with Crippen molar-refractivity contribution in [3.8, 4) is 44.5 Å². The van der Waals surface area contributed by atoms with E-state index in [9.17, 15) is 0 Å². The van der Waals surface area contributed by atoms with Gasteiger partial charge in [0.05, 0.1) is 17.1 Å². The van der Waals surface area contributed by atoms with Crippen LogP contribution in [0.5, 0.6) is 0 Å². The summed E-state index contributed by atoms with van der Waals surface area (Å²) in [5, 5.41) is 2.55. The van der Waals surface area contributed by atoms with E-state index in [1.54, 1.807) is 0 Å². The van der Waals surface area contributed by atoms with E-state index in [1.165, 1.54) is 72.1 Å². The van der Waals surface area contributed by atoms with Crippen LogP contribution in [0, 0.1) is 0 Å². The minimum absolute atomic E-state index is 0.175. The van der Waals surface area contributed by atoms with E-state index in [4.69, 9.17) is 0 Å². The number of benzene rings is 8. The normalized spacial score (nSPS) is 12.8. The van der Waals surface area contributed by atoms with Gasteiger partial charge in [-0.2, -0.15) is 0 Å². The van der Waals surface area contributed by atoms with E-state index < -0.39 is 0 Å². The minimum atomic E-state index is -0.175. The lowest BCUT2D eigenvalue weighted by Crippen LogP contribution is -2.17. The van der Waals surface area contributed by atoms with Crippen LogP contribution in [-0.2, 0) is 5.41 Å². The van der Waals surface area contributed by atoms with Gasteiger partial charge in [0.1, 0.15) is 0 Å². The molecule has 1 aliphatic rings. The molecule has 0 aliphatic heterocycles. The fourth-order valence-corrected chi connectivity index (χ4v) is 8.22. The first-order valence-corrected chi connectivity index (χ1v) is 17.5. The summed E-state index contributed by atoms with van der Waals surface area (Å²) in [6, 6.07) is 68.5. The summed E-state index contributed by atoms with van der Waals surface area (Å²) in [7, 11) is 0. The summed E-state index contributed by atoms with van der Waals surface area (Å²) in [5.41, 5.74) is 15.8. The lowest BCUT2D eigenvalue weighted by molar-refractivity contribution is 0.666. The van der Waals surface area contributed by atoms with Crippen LogP contribution in [0.15, 0.2) is 188 Å². The van der Waals surface area contributed by atoms with Gasteiger partial charge in [-0.3, -0.25) is 0 Å². The van der Waals surface area contributed by atoms with Crippen LogP contribution >= 0.6 is 0 Å². The molecule has 1 aliphatic carbocycles. The molecule has 0 unspecified atom stereocenters. The number of anilines is 3. The van der Waals surface area contributed by atoms with Crippen molar-refractivity contribution in [2.45, 2.75) is 19.3 Å². The Bertz CT molecular complexity index is 2510. The van der Waals surface area contributed by atoms with Crippen molar-refractivity contribution in [1.29, 1.82) is 0 Å². The molecule has 0 aromatic heterocycles. The number of nitrogens with zero attached hydrogens (tertiary/aromatic N) is 1. The fraction of sp³-hybridized carbons (Fsp3) is 0.0612. The zero-order valence-electron chi connectivity index (χ0n) is 28.3. The molecule has 0 atom stereocenters. The smallest absolute Gasteiger partial charge is 0.0550 e. The van der Waals surface area contributed by atoms with Crippen LogP contribution in [0.4, 0.5) is 17.1 Å². The Morgan fingerprint density at radius 3 is 1.56 bits per heavy atom. The van der Waals surface area contributed by atoms with E-state index in [0.717, 1.165) is 11.4 Å². The summed E-state index contributed by atoms with van der Waals surface area (Å²) in [6.07, 6.45) is 0. The van der Waals surface area contributed by atoms with Crippen LogP contribution in [0.1, 0.15) is 25.0 Å². The van der Waals surface area contributed by atoms with Gasteiger partial charge in [-0.15, -0.1) is 0 Å². The molecule has 8 aromatic rings. The predicted molar refractivity (Wildman–Crippen MR) is 213 cm³/mol. The highest BCUT2D eigenvalue weighted by Gasteiger charge is 2.40. The Kier molecular flexibility index (Phi) is 7.21. The van der Waals surface area contributed by atoms with Crippen molar-refractivity contribution in [3.63, 3.8) is 0 Å². The van der Waals surface area contributed by atoms with Gasteiger partial charge in [-0.25, -0.2) is 0 Å². The van der Waals surface area contributed by atoms with Crippen LogP contribution in [-0.4, -0.2) is 0 Å². The zero-order chi connectivity index (χ0) is 33.7. The molecular formula is C49H37N. The average Bonchev–Trinajstić information content (AvgIpc) is 3.43. The topological polar surface area (TPSA) is 3.24 Å². The summed E-state index contributed by atoms with van der Waals surface area (Å²) in [4.78, 5) is 2.54. The third-order valence-electron chi connectivity index (χ3n) is 10.4. The van der Waals surface area contributed by atoms with Crippen molar-refractivity contribution in [2.75, 3.05) is 4.90 Å². The number of fused-ring (bicyclic) bond motifs is 5. The van der Waals surface area contributed by atoms with E-state index in [0.29, 0.717) is 0 Å². The second kappa shape index (κ2) is 12.1. The van der Waals surface area contributed by atoms with Crippen molar-refractivity contribution in [3.05, 3.63) is 199 Å². The lowest BCUT2D eigenvalue weighted by Gasteiger charge is -2.33. The number of rotatable bonds is 6. The molecule has 0 saturated carbocycles. The summed E-state index contributed by atoms with van der Waals surface area (Å²) < 4.78 is 0. The monoisotopic (exact) mass is 639 g/mol. The molecule has 0 bridgehead atoms. The van der Waals surface area contributed by atoms with Crippen LogP contribution < -0.4 is 4.90 Å². The van der Waals surface area contributed by atoms with Gasteiger partial charge >= 0.3 is 0 Å². The molecule has 50 heavy (non-hydrogen) atoms. The maximum Gasteiger partial charge on any atom is 0.0550 e. The SMILES string of the molecule is CC1(C)c2ccccc2-c2c(N(c3ccccc3-c3ccccc3)c3ccccc3-c3ccccc3-c3ccccc3)cc3ccccc3c21. The third kappa shape index (κ3) is 4.77. The number of hydrogen-bond acceptors (Lipinski definition) is 1. The first-order valence-electron chi connectivity index (χ1n) is 17.5. The van der Waals surface area contributed by atoms with Gasteiger partial charge in [0, 0.05) is 22.1 Å². The van der Waals surface area contributed by atoms with Crippen molar-refractivity contribution >= 4 is 27.8 Å². The largest absolute Gasteiger partial charge is 0.309 e. The quantitative estimate of drug-likeness (QED) is 0.175. The Morgan fingerprint density at radius 2 is 0.860 bits per heavy atom. The van der Waals surface area contributed by atoms with Gasteiger partial charge in [0.2, 0.25) is 0 Å². The summed E-state index contributed by atoms with van der Waals surface area (Å²) >= 11 is 0. The Labute approximate surface area is 294 Å². The minimum Gasteiger partial charge on any atom is -0.309 e. The van der Waals surface area contributed by atoms with Crippen molar-refractivity contribution in [1.82, 2.24) is 0 Å². The standard InChI is InChI=1S/C49H37N/c1-49(2)43-30-16-13-29-42(43)47-46(33-36-23-9-10-26-39(36)48(47)49)50(44-31-17-14-25-38(44)35-21-7-4-8-22-35)45-32-18-15-28-41(45)40-27-12-11-24-37(40)34-19-5-3-6-20-34/h3-33H,1-2H3. The highest BCUT2D eigenvalue weighted by Crippen LogP contribution is 2.58. The first-order chi connectivity index (χ1) is 24.6. The molecule has 9 rings (SSSR count). The molecule has 0 N–H and O–H groups in total. The Morgan fingerprint density at radius 1 is 0.380 bits per heavy atom. The van der Waals surface area contributed by atoms with Gasteiger partial charge in [0.25, 0.3) is 0 Å². The number of para-hydroxylation sites is 2. The number of hydrogen-bond donors (Lipinski definition) is 0. The molecule has 0 fully saturated rings. The molecule has 0 amide bonds.